The first-order chi connectivity index (χ1) is 13.4. The van der Waals surface area contributed by atoms with Crippen LogP contribution in [0.25, 0.3) is 11.3 Å². The van der Waals surface area contributed by atoms with Gasteiger partial charge in [0.15, 0.2) is 0 Å². The monoisotopic (exact) mass is 475 g/mol. The minimum absolute atomic E-state index is 0.352. The van der Waals surface area contributed by atoms with Crippen LogP contribution >= 0.6 is 0 Å². The Labute approximate surface area is 171 Å². The molecule has 1 aromatic heterocycles. The molecule has 0 fully saturated rings. The first-order valence-corrected chi connectivity index (χ1v) is 12.4. The van der Waals surface area contributed by atoms with Gasteiger partial charge >= 0.3 is 172 Å². The Morgan fingerprint density at radius 3 is 1.81 bits per heavy atom. The molecule has 0 N–H and O–H groups in total. The third-order valence-electron chi connectivity index (χ3n) is 5.25. The number of fused-ring (bicyclic) bond motifs is 4. The summed E-state index contributed by atoms with van der Waals surface area (Å²) in [4.78, 5) is 4.61. The van der Waals surface area contributed by atoms with Gasteiger partial charge in [0, 0.05) is 0 Å². The Hall–Kier alpha value is -2.09. The Bertz CT molecular complexity index is 1120. The summed E-state index contributed by atoms with van der Waals surface area (Å²) in [7, 11) is 0. The molecule has 6 rings (SSSR count). The number of hydrogen-bond acceptors (Lipinski definition) is 1. The molecule has 0 radical (unpaired) electrons. The van der Waals surface area contributed by atoms with Crippen LogP contribution in [0.3, 0.4) is 0 Å². The maximum absolute atomic E-state index is 4.61. The maximum atomic E-state index is 4.61. The van der Waals surface area contributed by atoms with E-state index < -0.39 is 0 Å². The summed E-state index contributed by atoms with van der Waals surface area (Å²) in [6, 6.07) is 29.1. The van der Waals surface area contributed by atoms with Gasteiger partial charge in [0.05, 0.1) is 0 Å². The van der Waals surface area contributed by atoms with Crippen molar-refractivity contribution in [3.8, 4) is 11.3 Å². The summed E-state index contributed by atoms with van der Waals surface area (Å²) in [6.45, 7) is 0.395. The van der Waals surface area contributed by atoms with E-state index in [9.17, 15) is 0 Å². The molecule has 0 aliphatic carbocycles. The van der Waals surface area contributed by atoms with E-state index in [1.165, 1.54) is 25.4 Å². The van der Waals surface area contributed by atoms with Crippen LogP contribution in [0.4, 0.5) is 0 Å². The van der Waals surface area contributed by atoms with Crippen molar-refractivity contribution >= 4 is 70.9 Å². The van der Waals surface area contributed by atoms with Crippen molar-refractivity contribution in [2.45, 2.75) is 0 Å². The average molecular weight is 473 g/mol. The van der Waals surface area contributed by atoms with Crippen molar-refractivity contribution in [3.05, 3.63) is 85.1 Å². The average Bonchev–Trinajstić information content (AvgIpc) is 2.74. The van der Waals surface area contributed by atoms with Gasteiger partial charge < -0.3 is 0 Å². The van der Waals surface area contributed by atoms with Crippen LogP contribution in [0.15, 0.2) is 85.1 Å². The molecular formula is C23H14BNSe2. The van der Waals surface area contributed by atoms with Crippen molar-refractivity contribution in [3.63, 3.8) is 0 Å². The summed E-state index contributed by atoms with van der Waals surface area (Å²) in [5.41, 5.74) is 6.97. The number of aromatic nitrogens is 1. The second kappa shape index (κ2) is 6.22. The van der Waals surface area contributed by atoms with Gasteiger partial charge in [-0.2, -0.15) is 0 Å². The Morgan fingerprint density at radius 1 is 0.630 bits per heavy atom. The van der Waals surface area contributed by atoms with Gasteiger partial charge in [0.25, 0.3) is 0 Å². The van der Waals surface area contributed by atoms with Gasteiger partial charge in [-0.05, 0) is 0 Å². The third-order valence-corrected chi connectivity index (χ3v) is 10.1. The zero-order chi connectivity index (χ0) is 17.8. The molecule has 0 atom stereocenters. The number of nitrogens with zero attached hydrogens (tertiary/aromatic N) is 1. The summed E-state index contributed by atoms with van der Waals surface area (Å²) < 4.78 is 6.13. The summed E-state index contributed by atoms with van der Waals surface area (Å²) in [6.07, 6.45) is 1.89. The molecule has 0 bridgehead atoms. The van der Waals surface area contributed by atoms with Gasteiger partial charge in [-0.15, -0.1) is 0 Å². The van der Waals surface area contributed by atoms with Crippen LogP contribution in [0.2, 0.25) is 0 Å². The fourth-order valence-corrected chi connectivity index (χ4v) is 9.48. The molecule has 4 heteroatoms. The molecule has 0 spiro atoms. The molecular weight excluding hydrogens is 459 g/mol. The number of rotatable bonds is 1. The molecule has 4 aromatic rings. The standard InChI is InChI=1S/C23H14BNSe2/c1-3-10-19-16(7-1)24-17-8-2-4-11-20(17)27-22-14-15(13-21(26-19)23(22)24)18-9-5-6-12-25-18/h1-14H. The van der Waals surface area contributed by atoms with E-state index in [0.29, 0.717) is 36.6 Å². The molecule has 0 amide bonds. The molecule has 2 aliphatic heterocycles. The first-order valence-electron chi connectivity index (χ1n) is 9.01. The molecule has 126 valence electrons. The van der Waals surface area contributed by atoms with Gasteiger partial charge in [-0.25, -0.2) is 0 Å². The van der Waals surface area contributed by atoms with Crippen LogP contribution in [0.5, 0.6) is 0 Å². The van der Waals surface area contributed by atoms with Gasteiger partial charge in [-0.1, -0.05) is 0 Å². The van der Waals surface area contributed by atoms with Crippen molar-refractivity contribution in [1.82, 2.24) is 4.98 Å². The van der Waals surface area contributed by atoms with E-state index in [1.54, 1.807) is 14.4 Å². The topological polar surface area (TPSA) is 12.9 Å². The summed E-state index contributed by atoms with van der Waals surface area (Å²) in [5, 5.41) is 0. The molecule has 0 saturated carbocycles. The number of benzene rings is 3. The van der Waals surface area contributed by atoms with Crippen LogP contribution in [0, 0.1) is 0 Å². The molecule has 1 nitrogen and oxygen atoms in total. The van der Waals surface area contributed by atoms with Gasteiger partial charge in [0.2, 0.25) is 0 Å². The van der Waals surface area contributed by atoms with E-state index in [4.69, 9.17) is 0 Å². The predicted molar refractivity (Wildman–Crippen MR) is 117 cm³/mol. The van der Waals surface area contributed by atoms with E-state index in [1.807, 2.05) is 12.3 Å². The van der Waals surface area contributed by atoms with Crippen molar-refractivity contribution in [2.24, 2.45) is 0 Å². The Balaban J connectivity index is 1.64. The minimum atomic E-state index is 0.352. The first kappa shape index (κ1) is 15.9. The van der Waals surface area contributed by atoms with Gasteiger partial charge in [0.1, 0.15) is 0 Å². The molecule has 2 aliphatic rings. The van der Waals surface area contributed by atoms with Gasteiger partial charge in [-0.3, -0.25) is 0 Å². The van der Waals surface area contributed by atoms with Crippen molar-refractivity contribution < 1.29 is 0 Å². The summed E-state index contributed by atoms with van der Waals surface area (Å²) >= 11 is 0.703. The second-order valence-corrected chi connectivity index (χ2v) is 11.4. The van der Waals surface area contributed by atoms with E-state index in [2.05, 4.69) is 77.8 Å². The zero-order valence-electron chi connectivity index (χ0n) is 14.4. The van der Waals surface area contributed by atoms with Crippen molar-refractivity contribution in [2.75, 3.05) is 0 Å². The predicted octanol–water partition coefficient (Wildman–Crippen LogP) is -0.798. The fourth-order valence-electron chi connectivity index (χ4n) is 4.08. The zero-order valence-corrected chi connectivity index (χ0v) is 17.9. The van der Waals surface area contributed by atoms with Crippen molar-refractivity contribution in [1.29, 1.82) is 0 Å². The molecule has 27 heavy (non-hydrogen) atoms. The normalized spacial score (nSPS) is 13.6. The summed E-state index contributed by atoms with van der Waals surface area (Å²) in [5.74, 6) is 0. The number of hydrogen-bond donors (Lipinski definition) is 0. The molecule has 3 heterocycles. The SMILES string of the molecule is c1ccc(-c2cc3c4c(c2)[Se]c2ccccc2B4c2ccccc2[Se]3)nc1. The van der Waals surface area contributed by atoms with E-state index in [-0.39, 0.29) is 0 Å². The van der Waals surface area contributed by atoms with E-state index >= 15 is 0 Å². The quantitative estimate of drug-likeness (QED) is 0.286. The van der Waals surface area contributed by atoms with Crippen LogP contribution in [-0.4, -0.2) is 41.6 Å². The molecule has 0 unspecified atom stereocenters. The Morgan fingerprint density at radius 2 is 1.22 bits per heavy atom. The van der Waals surface area contributed by atoms with Crippen LogP contribution in [-0.2, 0) is 0 Å². The molecule has 3 aromatic carbocycles. The fraction of sp³-hybridized carbons (Fsp3) is 0. The van der Waals surface area contributed by atoms with Crippen LogP contribution in [0.1, 0.15) is 0 Å². The molecule has 0 saturated heterocycles. The van der Waals surface area contributed by atoms with E-state index in [0.717, 1.165) is 5.69 Å². The Kier molecular flexibility index (Phi) is 3.67. The number of pyridine rings is 1. The van der Waals surface area contributed by atoms with Crippen LogP contribution < -0.4 is 34.2 Å². The third kappa shape index (κ3) is 2.49. The second-order valence-electron chi connectivity index (χ2n) is 6.81.